The normalized spacial score (nSPS) is 26.3. The highest BCUT2D eigenvalue weighted by Gasteiger charge is 2.72. The number of nitrogens with one attached hydrogen (secondary N) is 2. The summed E-state index contributed by atoms with van der Waals surface area (Å²) in [6.45, 7) is 7.52. The molecule has 1 saturated heterocycles. The van der Waals surface area contributed by atoms with Crippen LogP contribution in [0.25, 0.3) is 0 Å². The van der Waals surface area contributed by atoms with Crippen LogP contribution in [-0.2, 0) is 19.6 Å². The van der Waals surface area contributed by atoms with Gasteiger partial charge in [0.2, 0.25) is 5.91 Å². The van der Waals surface area contributed by atoms with Gasteiger partial charge in [0, 0.05) is 30.6 Å². The summed E-state index contributed by atoms with van der Waals surface area (Å²) in [5.41, 5.74) is -0.476. The first-order chi connectivity index (χ1) is 17.9. The smallest absolute Gasteiger partial charge is 0.264 e. The number of carbonyl (C=O) groups is 2. The van der Waals surface area contributed by atoms with Crippen molar-refractivity contribution in [2.45, 2.75) is 64.2 Å². The van der Waals surface area contributed by atoms with Gasteiger partial charge >= 0.3 is 0 Å². The van der Waals surface area contributed by atoms with Crippen LogP contribution in [0.4, 0.5) is 17.1 Å². The average molecular weight is 540 g/mol. The standard InChI is InChI=1S/C29H37N3O5S/c1-27(2)28(3)14-15-29(27,19-25(28)33)26(34)30-20-12-13-22(32-16-8-5-9-17-32)24(18-20)38(35,36)31-21-10-6-7-11-23(21)37-4/h6-7,10-13,18,31H,5,8-9,14-17,19H2,1-4H3,(H,30,34)/t28-,29-/m0/s1. The second-order valence-corrected chi connectivity index (χ2v) is 13.3. The Balaban J connectivity index is 1.51. The first kappa shape index (κ1) is 26.5. The van der Waals surface area contributed by atoms with Crippen molar-refractivity contribution >= 4 is 38.8 Å². The van der Waals surface area contributed by atoms with E-state index in [1.165, 1.54) is 13.2 Å². The number of hydrogen-bond donors (Lipinski definition) is 2. The Kier molecular flexibility index (Phi) is 6.49. The van der Waals surface area contributed by atoms with Gasteiger partial charge in [-0.1, -0.05) is 32.9 Å². The summed E-state index contributed by atoms with van der Waals surface area (Å²) in [5.74, 6) is 0.328. The van der Waals surface area contributed by atoms with E-state index in [4.69, 9.17) is 4.74 Å². The van der Waals surface area contributed by atoms with E-state index in [2.05, 4.69) is 14.9 Å². The molecule has 0 spiro atoms. The highest BCUT2D eigenvalue weighted by Crippen LogP contribution is 2.70. The number of benzene rings is 2. The van der Waals surface area contributed by atoms with Gasteiger partial charge in [0.1, 0.15) is 16.4 Å². The lowest BCUT2D eigenvalue weighted by Gasteiger charge is -2.38. The maximum atomic E-state index is 13.8. The molecule has 5 rings (SSSR count). The number of sulfonamides is 1. The molecule has 2 bridgehead atoms. The summed E-state index contributed by atoms with van der Waals surface area (Å²) in [6, 6.07) is 11.9. The number of amides is 1. The zero-order chi connectivity index (χ0) is 27.3. The number of methoxy groups -OCH3 is 1. The van der Waals surface area contributed by atoms with Crippen LogP contribution in [0.2, 0.25) is 0 Å². The summed E-state index contributed by atoms with van der Waals surface area (Å²) >= 11 is 0. The van der Waals surface area contributed by atoms with Crippen LogP contribution in [0.3, 0.4) is 0 Å². The third kappa shape index (κ3) is 3.97. The lowest BCUT2D eigenvalue weighted by atomic mass is 9.64. The molecule has 8 nitrogen and oxygen atoms in total. The van der Waals surface area contributed by atoms with Crippen LogP contribution in [0, 0.1) is 16.2 Å². The minimum absolute atomic E-state index is 0.0959. The molecule has 9 heteroatoms. The van der Waals surface area contributed by atoms with Gasteiger partial charge in [0.05, 0.1) is 23.9 Å². The molecule has 1 heterocycles. The number of rotatable bonds is 7. The van der Waals surface area contributed by atoms with Crippen molar-refractivity contribution in [2.24, 2.45) is 16.2 Å². The number of piperidine rings is 1. The fourth-order valence-electron chi connectivity index (χ4n) is 6.74. The molecule has 2 N–H and O–H groups in total. The molecule has 1 aliphatic heterocycles. The van der Waals surface area contributed by atoms with E-state index in [0.717, 1.165) is 32.4 Å². The molecule has 204 valence electrons. The fourth-order valence-corrected chi connectivity index (χ4v) is 8.07. The Morgan fingerprint density at radius 1 is 1.00 bits per heavy atom. The largest absolute Gasteiger partial charge is 0.495 e. The Labute approximate surface area is 225 Å². The maximum Gasteiger partial charge on any atom is 0.264 e. The highest BCUT2D eigenvalue weighted by molar-refractivity contribution is 7.93. The van der Waals surface area contributed by atoms with Gasteiger partial charge in [-0.15, -0.1) is 0 Å². The number of anilines is 3. The molecule has 2 aromatic carbocycles. The molecule has 38 heavy (non-hydrogen) atoms. The molecule has 3 aliphatic rings. The molecule has 0 radical (unpaired) electrons. The Bertz CT molecular complexity index is 1380. The number of ketones is 1. The number of Topliss-reactive ketones (excluding diaryl/α,β-unsaturated/α-hetero) is 1. The topological polar surface area (TPSA) is 105 Å². The van der Waals surface area contributed by atoms with Gasteiger partial charge in [-0.2, -0.15) is 0 Å². The molecule has 2 saturated carbocycles. The minimum atomic E-state index is -4.03. The first-order valence-electron chi connectivity index (χ1n) is 13.3. The van der Waals surface area contributed by atoms with Crippen LogP contribution in [-0.4, -0.2) is 40.3 Å². The number of ether oxygens (including phenoxy) is 1. The molecule has 2 aliphatic carbocycles. The summed E-state index contributed by atoms with van der Waals surface area (Å²) in [5, 5.41) is 3.00. The molecule has 0 aromatic heterocycles. The zero-order valence-corrected chi connectivity index (χ0v) is 23.4. The van der Waals surface area contributed by atoms with Crippen molar-refractivity contribution in [3.05, 3.63) is 42.5 Å². The molecule has 0 unspecified atom stereocenters. The van der Waals surface area contributed by atoms with E-state index < -0.39 is 26.3 Å². The van der Waals surface area contributed by atoms with Crippen molar-refractivity contribution in [3.8, 4) is 5.75 Å². The van der Waals surface area contributed by atoms with E-state index in [1.54, 1.807) is 36.4 Å². The highest BCUT2D eigenvalue weighted by atomic mass is 32.2. The second kappa shape index (κ2) is 9.29. The van der Waals surface area contributed by atoms with Crippen molar-refractivity contribution in [3.63, 3.8) is 0 Å². The predicted molar refractivity (Wildman–Crippen MR) is 148 cm³/mol. The van der Waals surface area contributed by atoms with Crippen molar-refractivity contribution in [2.75, 3.05) is 35.1 Å². The van der Waals surface area contributed by atoms with Crippen LogP contribution in [0.1, 0.15) is 59.3 Å². The van der Waals surface area contributed by atoms with E-state index in [-0.39, 0.29) is 23.0 Å². The summed E-state index contributed by atoms with van der Waals surface area (Å²) in [4.78, 5) is 28.8. The fraction of sp³-hybridized carbons (Fsp3) is 0.517. The number of para-hydroxylation sites is 2. The van der Waals surface area contributed by atoms with Crippen molar-refractivity contribution in [1.29, 1.82) is 0 Å². The van der Waals surface area contributed by atoms with E-state index >= 15 is 0 Å². The molecule has 3 fully saturated rings. The van der Waals surface area contributed by atoms with Crippen LogP contribution in [0.15, 0.2) is 47.4 Å². The third-order valence-corrected chi connectivity index (χ3v) is 11.1. The molecular formula is C29H37N3O5S. The quantitative estimate of drug-likeness (QED) is 0.501. The minimum Gasteiger partial charge on any atom is -0.495 e. The van der Waals surface area contributed by atoms with E-state index in [0.29, 0.717) is 35.7 Å². The number of fused-ring (bicyclic) bond motifs is 2. The van der Waals surface area contributed by atoms with Gasteiger partial charge < -0.3 is 15.0 Å². The Morgan fingerprint density at radius 3 is 2.34 bits per heavy atom. The second-order valence-electron chi connectivity index (χ2n) is 11.6. The number of hydrogen-bond acceptors (Lipinski definition) is 6. The first-order valence-corrected chi connectivity index (χ1v) is 14.8. The summed E-state index contributed by atoms with van der Waals surface area (Å²) in [7, 11) is -2.54. The molecule has 2 atom stereocenters. The van der Waals surface area contributed by atoms with Crippen LogP contribution >= 0.6 is 0 Å². The summed E-state index contributed by atoms with van der Waals surface area (Å²) in [6.07, 6.45) is 4.63. The van der Waals surface area contributed by atoms with E-state index in [1.807, 2.05) is 20.8 Å². The summed E-state index contributed by atoms with van der Waals surface area (Å²) < 4.78 is 35.6. The van der Waals surface area contributed by atoms with Gasteiger partial charge in [-0.3, -0.25) is 14.3 Å². The monoisotopic (exact) mass is 539 g/mol. The van der Waals surface area contributed by atoms with Crippen LogP contribution < -0.4 is 19.7 Å². The van der Waals surface area contributed by atoms with Gasteiger partial charge in [0.25, 0.3) is 10.0 Å². The van der Waals surface area contributed by atoms with Gasteiger partial charge in [-0.05, 0) is 67.9 Å². The molecule has 2 aromatic rings. The van der Waals surface area contributed by atoms with Crippen molar-refractivity contribution < 1.29 is 22.7 Å². The van der Waals surface area contributed by atoms with Gasteiger partial charge in [-0.25, -0.2) is 8.42 Å². The lowest BCUT2D eigenvalue weighted by molar-refractivity contribution is -0.131. The van der Waals surface area contributed by atoms with Crippen LogP contribution in [0.5, 0.6) is 5.75 Å². The Morgan fingerprint density at radius 2 is 1.71 bits per heavy atom. The molecule has 1 amide bonds. The van der Waals surface area contributed by atoms with Gasteiger partial charge in [0.15, 0.2) is 0 Å². The Hall–Kier alpha value is -3.07. The number of carbonyl (C=O) groups excluding carboxylic acids is 2. The lowest BCUT2D eigenvalue weighted by Crippen LogP contribution is -2.43. The SMILES string of the molecule is COc1ccccc1NS(=O)(=O)c1cc(NC(=O)[C@]23CC[C@@](C)(C(=O)C2)C3(C)C)ccc1N1CCCCC1. The molecular weight excluding hydrogens is 502 g/mol. The van der Waals surface area contributed by atoms with Crippen molar-refractivity contribution in [1.82, 2.24) is 0 Å². The third-order valence-electron chi connectivity index (χ3n) is 9.70. The zero-order valence-electron chi connectivity index (χ0n) is 22.6. The van der Waals surface area contributed by atoms with E-state index in [9.17, 15) is 18.0 Å². The number of nitrogens with zero attached hydrogens (tertiary/aromatic N) is 1. The average Bonchev–Trinajstić information content (AvgIpc) is 3.20. The predicted octanol–water partition coefficient (Wildman–Crippen LogP) is 5.21. The maximum absolute atomic E-state index is 13.8.